The van der Waals surface area contributed by atoms with Crippen LogP contribution < -0.4 is 5.73 Å². The Morgan fingerprint density at radius 3 is 2.53 bits per heavy atom. The first-order chi connectivity index (χ1) is 9.31. The van der Waals surface area contributed by atoms with E-state index in [9.17, 15) is 0 Å². The molecule has 3 saturated heterocycles. The lowest BCUT2D eigenvalue weighted by Crippen LogP contribution is -2.46. The van der Waals surface area contributed by atoms with Gasteiger partial charge in [-0.2, -0.15) is 0 Å². The second-order valence-corrected chi connectivity index (χ2v) is 6.74. The molecule has 0 aliphatic carbocycles. The maximum atomic E-state index is 6.08. The van der Waals surface area contributed by atoms with E-state index < -0.39 is 0 Å². The lowest BCUT2D eigenvalue weighted by molar-refractivity contribution is 0.00251. The van der Waals surface area contributed by atoms with Gasteiger partial charge in [0.25, 0.3) is 0 Å². The molecule has 0 saturated carbocycles. The Morgan fingerprint density at radius 1 is 1.11 bits per heavy atom. The predicted molar refractivity (Wildman–Crippen MR) is 77.2 cm³/mol. The van der Waals surface area contributed by atoms with E-state index in [1.54, 1.807) is 0 Å². The molecule has 0 aromatic heterocycles. The van der Waals surface area contributed by atoms with E-state index in [1.807, 2.05) is 0 Å². The maximum Gasteiger partial charge on any atom is 0.0472 e. The summed E-state index contributed by atoms with van der Waals surface area (Å²) in [5, 5.41) is 0. The Balaban J connectivity index is 1.52. The minimum absolute atomic E-state index is 0.331. The molecule has 2 N–H and O–H groups in total. The van der Waals surface area contributed by atoms with Crippen molar-refractivity contribution >= 4 is 0 Å². The highest BCUT2D eigenvalue weighted by molar-refractivity contribution is 4.91. The molecule has 0 amide bonds. The van der Waals surface area contributed by atoms with Crippen LogP contribution >= 0.6 is 0 Å². The van der Waals surface area contributed by atoms with Gasteiger partial charge in [0.1, 0.15) is 0 Å². The van der Waals surface area contributed by atoms with Crippen molar-refractivity contribution < 1.29 is 4.74 Å². The second-order valence-electron chi connectivity index (χ2n) is 6.74. The topological polar surface area (TPSA) is 41.7 Å². The zero-order valence-electron chi connectivity index (χ0n) is 12.1. The summed E-state index contributed by atoms with van der Waals surface area (Å²) in [4.78, 5) is 5.38. The van der Waals surface area contributed by atoms with E-state index in [2.05, 4.69) is 9.80 Å². The van der Waals surface area contributed by atoms with Gasteiger partial charge < -0.3 is 15.4 Å². The summed E-state index contributed by atoms with van der Waals surface area (Å²) in [7, 11) is 0. The van der Waals surface area contributed by atoms with Crippen LogP contribution in [0.4, 0.5) is 0 Å². The first-order valence-electron chi connectivity index (χ1n) is 8.06. The normalized spacial score (nSPS) is 33.0. The maximum absolute atomic E-state index is 6.08. The Hall–Kier alpha value is -0.160. The Bertz CT molecular complexity index is 285. The molecule has 0 spiro atoms. The first-order valence-corrected chi connectivity index (χ1v) is 8.06. The molecule has 0 bridgehead atoms. The number of hydrogen-bond acceptors (Lipinski definition) is 4. The van der Waals surface area contributed by atoms with Crippen molar-refractivity contribution in [2.24, 2.45) is 11.1 Å². The van der Waals surface area contributed by atoms with Crippen molar-refractivity contribution in [3.8, 4) is 0 Å². The molecule has 1 unspecified atom stereocenters. The Kier molecular flexibility index (Phi) is 4.42. The summed E-state index contributed by atoms with van der Waals surface area (Å²) < 4.78 is 5.51. The fraction of sp³-hybridized carbons (Fsp3) is 1.00. The number of nitrogens with two attached hydrogens (primary N) is 1. The van der Waals surface area contributed by atoms with Gasteiger partial charge in [-0.25, -0.2) is 0 Å². The molecule has 0 aromatic rings. The highest BCUT2D eigenvalue weighted by Gasteiger charge is 2.36. The van der Waals surface area contributed by atoms with Gasteiger partial charge in [-0.1, -0.05) is 0 Å². The third-order valence-corrected chi connectivity index (χ3v) is 5.45. The van der Waals surface area contributed by atoms with Crippen LogP contribution in [0.15, 0.2) is 0 Å². The van der Waals surface area contributed by atoms with Gasteiger partial charge in [-0.15, -0.1) is 0 Å². The average Bonchev–Trinajstić information content (AvgIpc) is 3.10. The first kappa shape index (κ1) is 13.8. The van der Waals surface area contributed by atoms with Crippen molar-refractivity contribution in [3.05, 3.63) is 0 Å². The van der Waals surface area contributed by atoms with Crippen LogP contribution in [-0.2, 0) is 4.74 Å². The van der Waals surface area contributed by atoms with Crippen LogP contribution in [-0.4, -0.2) is 68.3 Å². The van der Waals surface area contributed by atoms with Crippen molar-refractivity contribution in [3.63, 3.8) is 0 Å². The number of rotatable bonds is 4. The third kappa shape index (κ3) is 3.13. The van der Waals surface area contributed by atoms with E-state index >= 15 is 0 Å². The molecule has 3 fully saturated rings. The quantitative estimate of drug-likeness (QED) is 0.822. The second kappa shape index (κ2) is 6.08. The van der Waals surface area contributed by atoms with Crippen LogP contribution in [0.5, 0.6) is 0 Å². The van der Waals surface area contributed by atoms with E-state index in [0.29, 0.717) is 5.41 Å². The summed E-state index contributed by atoms with van der Waals surface area (Å²) in [5.74, 6) is 0. The smallest absolute Gasteiger partial charge is 0.0472 e. The zero-order valence-corrected chi connectivity index (χ0v) is 12.1. The van der Waals surface area contributed by atoms with Crippen LogP contribution in [0.1, 0.15) is 32.1 Å². The largest absolute Gasteiger partial charge is 0.381 e. The predicted octanol–water partition coefficient (Wildman–Crippen LogP) is 0.912. The molecule has 1 atom stereocenters. The van der Waals surface area contributed by atoms with Gasteiger partial charge in [-0.05, 0) is 63.7 Å². The van der Waals surface area contributed by atoms with Crippen molar-refractivity contribution in [2.75, 3.05) is 52.5 Å². The van der Waals surface area contributed by atoms with Gasteiger partial charge in [0, 0.05) is 32.3 Å². The molecule has 3 rings (SSSR count). The highest BCUT2D eigenvalue weighted by atomic mass is 16.5. The monoisotopic (exact) mass is 267 g/mol. The molecule has 3 aliphatic heterocycles. The van der Waals surface area contributed by atoms with Crippen LogP contribution in [0.3, 0.4) is 0 Å². The minimum atomic E-state index is 0.331. The fourth-order valence-electron chi connectivity index (χ4n) is 4.07. The molecule has 3 heterocycles. The Morgan fingerprint density at radius 2 is 1.84 bits per heavy atom. The van der Waals surface area contributed by atoms with Crippen LogP contribution in [0.25, 0.3) is 0 Å². The lowest BCUT2D eigenvalue weighted by atomic mass is 9.80. The van der Waals surface area contributed by atoms with E-state index in [0.717, 1.165) is 38.6 Å². The van der Waals surface area contributed by atoms with Crippen molar-refractivity contribution in [1.82, 2.24) is 9.80 Å². The van der Waals surface area contributed by atoms with Crippen LogP contribution in [0.2, 0.25) is 0 Å². The molecule has 4 heteroatoms. The number of nitrogens with zero attached hydrogens (tertiary/aromatic N) is 2. The summed E-state index contributed by atoms with van der Waals surface area (Å²) in [5.41, 5.74) is 6.41. The molecule has 19 heavy (non-hydrogen) atoms. The van der Waals surface area contributed by atoms with Gasteiger partial charge in [0.2, 0.25) is 0 Å². The van der Waals surface area contributed by atoms with Crippen LogP contribution in [0, 0.1) is 5.41 Å². The van der Waals surface area contributed by atoms with E-state index in [1.165, 1.54) is 52.0 Å². The standard InChI is InChI=1S/C15H29N3O/c16-12-15(4-9-19-10-5-15)13-17-8-3-14(11-17)18-6-1-2-7-18/h14H,1-13,16H2. The SMILES string of the molecule is NCC1(CN2CCC(N3CCCC3)C2)CCOCC1. The molecule has 3 aliphatic rings. The van der Waals surface area contributed by atoms with Crippen molar-refractivity contribution in [2.45, 2.75) is 38.1 Å². The summed E-state index contributed by atoms with van der Waals surface area (Å²) >= 11 is 0. The molecular formula is C15H29N3O. The van der Waals surface area contributed by atoms with Gasteiger partial charge in [-0.3, -0.25) is 4.90 Å². The zero-order chi connectivity index (χ0) is 13.1. The van der Waals surface area contributed by atoms with Crippen molar-refractivity contribution in [1.29, 1.82) is 0 Å². The minimum Gasteiger partial charge on any atom is -0.381 e. The molecule has 110 valence electrons. The lowest BCUT2D eigenvalue weighted by Gasteiger charge is -2.39. The highest BCUT2D eigenvalue weighted by Crippen LogP contribution is 2.32. The molecular weight excluding hydrogens is 238 g/mol. The molecule has 0 aromatic carbocycles. The number of likely N-dealkylation sites (tertiary alicyclic amines) is 2. The van der Waals surface area contributed by atoms with Gasteiger partial charge >= 0.3 is 0 Å². The van der Waals surface area contributed by atoms with E-state index in [4.69, 9.17) is 10.5 Å². The summed E-state index contributed by atoms with van der Waals surface area (Å²) in [6.45, 7) is 9.01. The van der Waals surface area contributed by atoms with Gasteiger partial charge in [0.15, 0.2) is 0 Å². The molecule has 4 nitrogen and oxygen atoms in total. The average molecular weight is 267 g/mol. The van der Waals surface area contributed by atoms with E-state index in [-0.39, 0.29) is 0 Å². The van der Waals surface area contributed by atoms with Gasteiger partial charge in [0.05, 0.1) is 0 Å². The Labute approximate surface area is 117 Å². The number of hydrogen-bond donors (Lipinski definition) is 1. The fourth-order valence-corrected chi connectivity index (χ4v) is 4.07. The summed E-state index contributed by atoms with van der Waals surface area (Å²) in [6.07, 6.45) is 6.46. The number of ether oxygens (including phenoxy) is 1. The summed E-state index contributed by atoms with van der Waals surface area (Å²) in [6, 6.07) is 0.817. The third-order valence-electron chi connectivity index (χ3n) is 5.45. The molecule has 0 radical (unpaired) electrons.